The summed E-state index contributed by atoms with van der Waals surface area (Å²) in [6.45, 7) is 4.13. The topological polar surface area (TPSA) is 114 Å². The van der Waals surface area contributed by atoms with Gasteiger partial charge >= 0.3 is 17.9 Å². The standard InChI is InChI=1S/C24H19ClN2O7/c1-4-24(34-12(3)29)17-8-19-21-15(9-27(19)22(30)16(17)10-32-23(24)31)20(25)14-7-13(33-11(2)28)5-6-18(14)26-21/h5-8H,4,9-10H2,1-3H3/t24-/m0/s1. The smallest absolute Gasteiger partial charge is 0.355 e. The molecule has 0 fully saturated rings. The van der Waals surface area contributed by atoms with Gasteiger partial charge in [-0.1, -0.05) is 18.5 Å². The minimum Gasteiger partial charge on any atom is -0.457 e. The molecule has 4 heterocycles. The molecular formula is C24H19ClN2O7. The van der Waals surface area contributed by atoms with Crippen LogP contribution in [-0.2, 0) is 42.6 Å². The van der Waals surface area contributed by atoms with Crippen molar-refractivity contribution in [2.75, 3.05) is 0 Å². The number of aromatic nitrogens is 2. The van der Waals surface area contributed by atoms with Crippen LogP contribution in [-0.4, -0.2) is 27.5 Å². The second-order valence-electron chi connectivity index (χ2n) is 8.19. The highest BCUT2D eigenvalue weighted by molar-refractivity contribution is 6.36. The minimum absolute atomic E-state index is 0.0962. The van der Waals surface area contributed by atoms with Crippen molar-refractivity contribution < 1.29 is 28.6 Å². The predicted octanol–water partition coefficient (Wildman–Crippen LogP) is 3.23. The molecule has 9 nitrogen and oxygen atoms in total. The Hall–Kier alpha value is -3.72. The summed E-state index contributed by atoms with van der Waals surface area (Å²) in [7, 11) is 0. The van der Waals surface area contributed by atoms with Gasteiger partial charge < -0.3 is 18.8 Å². The lowest BCUT2D eigenvalue weighted by molar-refractivity contribution is -0.188. The fraction of sp³-hybridized carbons (Fsp3) is 0.292. The van der Waals surface area contributed by atoms with E-state index in [1.807, 2.05) is 0 Å². The first-order chi connectivity index (χ1) is 16.2. The van der Waals surface area contributed by atoms with Crippen molar-refractivity contribution in [3.8, 4) is 17.1 Å². The molecule has 1 aromatic carbocycles. The van der Waals surface area contributed by atoms with E-state index in [1.165, 1.54) is 18.4 Å². The number of carbonyl (C=O) groups is 3. The van der Waals surface area contributed by atoms with Crippen molar-refractivity contribution in [3.05, 3.63) is 56.3 Å². The molecule has 0 saturated carbocycles. The van der Waals surface area contributed by atoms with Gasteiger partial charge in [0.1, 0.15) is 12.4 Å². The third-order valence-electron chi connectivity index (χ3n) is 6.14. The third kappa shape index (κ3) is 3.11. The van der Waals surface area contributed by atoms with Crippen molar-refractivity contribution >= 4 is 40.4 Å². The van der Waals surface area contributed by atoms with Gasteiger partial charge in [0.15, 0.2) is 0 Å². The average Bonchev–Trinajstić information content (AvgIpc) is 3.15. The Morgan fingerprint density at radius 1 is 1.18 bits per heavy atom. The molecule has 0 amide bonds. The highest BCUT2D eigenvalue weighted by Gasteiger charge is 2.50. The van der Waals surface area contributed by atoms with Gasteiger partial charge in [-0.25, -0.2) is 9.78 Å². The van der Waals surface area contributed by atoms with E-state index in [1.54, 1.807) is 31.2 Å². The number of fused-ring (bicyclic) bond motifs is 5. The van der Waals surface area contributed by atoms with Gasteiger partial charge in [-0.15, -0.1) is 0 Å². The van der Waals surface area contributed by atoms with Gasteiger partial charge in [0.05, 0.1) is 34.0 Å². The molecule has 3 aromatic rings. The van der Waals surface area contributed by atoms with Crippen molar-refractivity contribution in [2.45, 2.75) is 45.9 Å². The van der Waals surface area contributed by atoms with Gasteiger partial charge in [0.25, 0.3) is 5.56 Å². The molecule has 5 rings (SSSR count). The van der Waals surface area contributed by atoms with E-state index < -0.39 is 23.5 Å². The Bertz CT molecular complexity index is 1490. The Balaban J connectivity index is 1.74. The molecule has 34 heavy (non-hydrogen) atoms. The van der Waals surface area contributed by atoms with E-state index in [4.69, 9.17) is 30.8 Å². The van der Waals surface area contributed by atoms with Crippen molar-refractivity contribution in [1.82, 2.24) is 9.55 Å². The summed E-state index contributed by atoms with van der Waals surface area (Å²) in [6.07, 6.45) is 0.0962. The summed E-state index contributed by atoms with van der Waals surface area (Å²) in [6, 6.07) is 6.56. The van der Waals surface area contributed by atoms with Crippen LogP contribution in [0, 0.1) is 0 Å². The Labute approximate surface area is 198 Å². The van der Waals surface area contributed by atoms with Crippen molar-refractivity contribution in [1.29, 1.82) is 0 Å². The van der Waals surface area contributed by atoms with Gasteiger partial charge in [-0.3, -0.25) is 14.4 Å². The number of esters is 3. The first-order valence-corrected chi connectivity index (χ1v) is 11.0. The first kappa shape index (κ1) is 22.1. The van der Waals surface area contributed by atoms with Crippen LogP contribution in [0.2, 0.25) is 5.02 Å². The lowest BCUT2D eigenvalue weighted by atomic mass is 9.85. The van der Waals surface area contributed by atoms with E-state index in [-0.39, 0.29) is 30.7 Å². The number of hydrogen-bond donors (Lipinski definition) is 0. The van der Waals surface area contributed by atoms with E-state index in [2.05, 4.69) is 0 Å². The largest absolute Gasteiger partial charge is 0.457 e. The molecule has 174 valence electrons. The summed E-state index contributed by atoms with van der Waals surface area (Å²) in [5.41, 5.74) is 0.580. The first-order valence-electron chi connectivity index (χ1n) is 10.6. The summed E-state index contributed by atoms with van der Waals surface area (Å²) < 4.78 is 17.4. The van der Waals surface area contributed by atoms with E-state index >= 15 is 0 Å². The number of hydrogen-bond acceptors (Lipinski definition) is 8. The molecule has 0 spiro atoms. The maximum Gasteiger partial charge on any atom is 0.355 e. The quantitative estimate of drug-likeness (QED) is 0.323. The molecular weight excluding hydrogens is 464 g/mol. The molecule has 2 aliphatic rings. The number of ether oxygens (including phenoxy) is 3. The van der Waals surface area contributed by atoms with Crippen LogP contribution < -0.4 is 10.3 Å². The summed E-state index contributed by atoms with van der Waals surface area (Å²) in [5.74, 6) is -1.51. The van der Waals surface area contributed by atoms with Gasteiger partial charge in [-0.2, -0.15) is 0 Å². The number of pyridine rings is 2. The Kier molecular flexibility index (Phi) is 4.98. The van der Waals surface area contributed by atoms with E-state index in [9.17, 15) is 19.2 Å². The molecule has 0 aliphatic carbocycles. The van der Waals surface area contributed by atoms with Crippen LogP contribution in [0.25, 0.3) is 22.3 Å². The molecule has 0 unspecified atom stereocenters. The summed E-state index contributed by atoms with van der Waals surface area (Å²) in [4.78, 5) is 54.1. The minimum atomic E-state index is -1.71. The van der Waals surface area contributed by atoms with Gasteiger partial charge in [0.2, 0.25) is 5.60 Å². The van der Waals surface area contributed by atoms with Crippen LogP contribution in [0.15, 0.2) is 29.1 Å². The Morgan fingerprint density at radius 2 is 1.94 bits per heavy atom. The maximum atomic E-state index is 13.5. The number of halogens is 1. The van der Waals surface area contributed by atoms with Crippen molar-refractivity contribution in [2.24, 2.45) is 0 Å². The highest BCUT2D eigenvalue weighted by Crippen LogP contribution is 2.43. The molecule has 1 atom stereocenters. The lowest BCUT2D eigenvalue weighted by Gasteiger charge is -2.35. The molecule has 2 aromatic heterocycles. The van der Waals surface area contributed by atoms with Crippen molar-refractivity contribution in [3.63, 3.8) is 0 Å². The van der Waals surface area contributed by atoms with E-state index in [0.29, 0.717) is 44.2 Å². The number of rotatable bonds is 3. The van der Waals surface area contributed by atoms with Crippen LogP contribution in [0.1, 0.15) is 43.9 Å². The maximum absolute atomic E-state index is 13.5. The SMILES string of the molecule is CC[C@@]1(OC(C)=O)C(=O)OCc2c1cc1n(c2=O)Cc2c-1nc1ccc(OC(C)=O)cc1c2Cl. The second-order valence-corrected chi connectivity index (χ2v) is 8.57. The zero-order valence-corrected chi connectivity index (χ0v) is 19.3. The number of carbonyl (C=O) groups excluding carboxylic acids is 3. The number of nitrogens with zero attached hydrogens (tertiary/aromatic N) is 2. The highest BCUT2D eigenvalue weighted by atomic mass is 35.5. The summed E-state index contributed by atoms with van der Waals surface area (Å²) >= 11 is 6.73. The van der Waals surface area contributed by atoms with Crippen LogP contribution in [0.4, 0.5) is 0 Å². The van der Waals surface area contributed by atoms with Gasteiger partial charge in [0, 0.05) is 30.4 Å². The molecule has 0 bridgehead atoms. The zero-order valence-electron chi connectivity index (χ0n) is 18.6. The predicted molar refractivity (Wildman–Crippen MR) is 120 cm³/mol. The zero-order chi connectivity index (χ0) is 24.4. The fourth-order valence-electron chi connectivity index (χ4n) is 4.64. The average molecular weight is 483 g/mol. The molecule has 10 heteroatoms. The van der Waals surface area contributed by atoms with Gasteiger partial charge in [-0.05, 0) is 30.7 Å². The van der Waals surface area contributed by atoms with Crippen LogP contribution >= 0.6 is 11.6 Å². The number of cyclic esters (lactones) is 1. The monoisotopic (exact) mass is 482 g/mol. The van der Waals surface area contributed by atoms with E-state index in [0.717, 1.165) is 0 Å². The molecule has 2 aliphatic heterocycles. The second kappa shape index (κ2) is 7.66. The fourth-order valence-corrected chi connectivity index (χ4v) is 4.94. The number of benzene rings is 1. The molecule has 0 radical (unpaired) electrons. The van der Waals surface area contributed by atoms with Crippen LogP contribution in [0.3, 0.4) is 0 Å². The molecule has 0 N–H and O–H groups in total. The summed E-state index contributed by atoms with van der Waals surface area (Å²) in [5, 5.41) is 0.954. The third-order valence-corrected chi connectivity index (χ3v) is 6.57. The molecule has 0 saturated heterocycles. The van der Waals surface area contributed by atoms with Crippen LogP contribution in [0.5, 0.6) is 5.75 Å². The lowest BCUT2D eigenvalue weighted by Crippen LogP contribution is -2.47. The normalized spacial score (nSPS) is 18.1. The Morgan fingerprint density at radius 3 is 2.62 bits per heavy atom.